The number of hydrogen-bond acceptors (Lipinski definition) is 6. The molecule has 0 saturated carbocycles. The Kier molecular flexibility index (Phi) is 6.64. The summed E-state index contributed by atoms with van der Waals surface area (Å²) in [6.07, 6.45) is 3.45. The number of ether oxygens (including phenoxy) is 2. The van der Waals surface area contributed by atoms with Crippen molar-refractivity contribution < 1.29 is 23.9 Å². The minimum absolute atomic E-state index is 0.138. The highest BCUT2D eigenvalue weighted by Crippen LogP contribution is 2.35. The monoisotopic (exact) mass is 497 g/mol. The number of nitrogens with zero attached hydrogens (tertiary/aromatic N) is 2. The molecule has 3 aromatic rings. The van der Waals surface area contributed by atoms with Gasteiger partial charge in [0.2, 0.25) is 0 Å². The molecule has 1 N–H and O–H groups in total. The topological polar surface area (TPSA) is 88.2 Å². The Morgan fingerprint density at radius 2 is 1.73 bits per heavy atom. The minimum atomic E-state index is -0.847. The van der Waals surface area contributed by atoms with E-state index in [0.717, 1.165) is 42.1 Å². The van der Waals surface area contributed by atoms with Gasteiger partial charge in [-0.15, -0.1) is 0 Å². The van der Waals surface area contributed by atoms with E-state index >= 15 is 0 Å². The van der Waals surface area contributed by atoms with Crippen LogP contribution in [-0.2, 0) is 22.6 Å². The third-order valence-electron chi connectivity index (χ3n) is 6.57. The highest BCUT2D eigenvalue weighted by Gasteiger charge is 2.38. The lowest BCUT2D eigenvalue weighted by molar-refractivity contribution is -0.122. The van der Waals surface area contributed by atoms with Crippen molar-refractivity contribution in [3.8, 4) is 11.5 Å². The number of carbonyl (C=O) groups is 3. The summed E-state index contributed by atoms with van der Waals surface area (Å²) in [5, 5.41) is 2.27. The van der Waals surface area contributed by atoms with E-state index < -0.39 is 17.8 Å². The summed E-state index contributed by atoms with van der Waals surface area (Å²) in [7, 11) is 2.92. The zero-order valence-electron chi connectivity index (χ0n) is 20.7. The first-order valence-corrected chi connectivity index (χ1v) is 12.0. The van der Waals surface area contributed by atoms with E-state index in [9.17, 15) is 14.4 Å². The van der Waals surface area contributed by atoms with Crippen LogP contribution in [0.5, 0.6) is 11.5 Å². The molecule has 2 aliphatic rings. The number of urea groups is 1. The van der Waals surface area contributed by atoms with Crippen LogP contribution in [0.4, 0.5) is 16.2 Å². The summed E-state index contributed by atoms with van der Waals surface area (Å²) in [4.78, 5) is 42.1. The normalized spacial score (nSPS) is 16.5. The third-order valence-corrected chi connectivity index (χ3v) is 6.57. The Labute approximate surface area is 215 Å². The van der Waals surface area contributed by atoms with Crippen molar-refractivity contribution in [3.63, 3.8) is 0 Å². The zero-order chi connectivity index (χ0) is 25.9. The average molecular weight is 498 g/mol. The number of benzene rings is 3. The molecule has 0 unspecified atom stereocenters. The second-order valence-corrected chi connectivity index (χ2v) is 8.89. The van der Waals surface area contributed by atoms with Gasteiger partial charge in [0, 0.05) is 24.8 Å². The number of nitrogens with one attached hydrogen (secondary N) is 1. The third kappa shape index (κ3) is 4.78. The molecule has 8 nitrogen and oxygen atoms in total. The predicted molar refractivity (Wildman–Crippen MR) is 141 cm³/mol. The van der Waals surface area contributed by atoms with Crippen molar-refractivity contribution in [3.05, 3.63) is 89.0 Å². The number of amides is 4. The maximum atomic E-state index is 13.4. The number of hydrogen-bond donors (Lipinski definition) is 1. The van der Waals surface area contributed by atoms with Crippen LogP contribution in [0.1, 0.15) is 23.1 Å². The van der Waals surface area contributed by atoms with Crippen LogP contribution in [-0.4, -0.2) is 38.6 Å². The average Bonchev–Trinajstić information content (AvgIpc) is 2.91. The number of rotatable bonds is 6. The lowest BCUT2D eigenvalue weighted by Crippen LogP contribution is -2.54. The van der Waals surface area contributed by atoms with Crippen LogP contribution in [0.2, 0.25) is 0 Å². The molecule has 0 spiro atoms. The van der Waals surface area contributed by atoms with Gasteiger partial charge in [0.25, 0.3) is 11.8 Å². The molecule has 0 radical (unpaired) electrons. The number of methoxy groups -OCH3 is 2. The lowest BCUT2D eigenvalue weighted by atomic mass is 9.97. The fourth-order valence-electron chi connectivity index (χ4n) is 4.77. The molecular formula is C29H27N3O5. The molecule has 188 valence electrons. The van der Waals surface area contributed by atoms with E-state index in [1.807, 2.05) is 36.4 Å². The zero-order valence-corrected chi connectivity index (χ0v) is 20.7. The van der Waals surface area contributed by atoms with Gasteiger partial charge >= 0.3 is 6.03 Å². The molecule has 4 amide bonds. The molecule has 3 aromatic carbocycles. The van der Waals surface area contributed by atoms with Crippen molar-refractivity contribution >= 4 is 35.3 Å². The van der Waals surface area contributed by atoms with Gasteiger partial charge in [-0.1, -0.05) is 36.4 Å². The van der Waals surface area contributed by atoms with E-state index in [2.05, 4.69) is 22.3 Å². The van der Waals surface area contributed by atoms with Gasteiger partial charge in [0.1, 0.15) is 17.1 Å². The summed E-state index contributed by atoms with van der Waals surface area (Å²) in [6, 6.07) is 20.2. The highest BCUT2D eigenvalue weighted by atomic mass is 16.5. The molecule has 5 rings (SSSR count). The standard InChI is InChI=1S/C29H27N3O5/c1-36-22-11-13-26(37-2)25(17-22)32-28(34)23(27(33)30-29(32)35)16-20-10-12-24-21(15-20)9-6-14-31(24)18-19-7-4-3-5-8-19/h3-5,7-8,10-13,15-17H,6,9,14,18H2,1-2H3,(H,30,33,35). The van der Waals surface area contributed by atoms with Crippen molar-refractivity contribution in [2.75, 3.05) is 30.6 Å². The van der Waals surface area contributed by atoms with Gasteiger partial charge in [0.15, 0.2) is 0 Å². The first kappa shape index (κ1) is 24.1. The maximum Gasteiger partial charge on any atom is 0.336 e. The number of aryl methyl sites for hydroxylation is 1. The van der Waals surface area contributed by atoms with Crippen molar-refractivity contribution in [1.29, 1.82) is 0 Å². The minimum Gasteiger partial charge on any atom is -0.497 e. The summed E-state index contributed by atoms with van der Waals surface area (Å²) in [6.45, 7) is 1.78. The fourth-order valence-corrected chi connectivity index (χ4v) is 4.77. The summed E-state index contributed by atoms with van der Waals surface area (Å²) >= 11 is 0. The Morgan fingerprint density at radius 3 is 2.49 bits per heavy atom. The SMILES string of the molecule is COc1ccc(OC)c(N2C(=O)NC(=O)C(=Cc3ccc4c(c3)CCCN4Cc3ccccc3)C2=O)c1. The van der Waals surface area contributed by atoms with Crippen molar-refractivity contribution in [2.45, 2.75) is 19.4 Å². The van der Waals surface area contributed by atoms with Crippen LogP contribution in [0.25, 0.3) is 6.08 Å². The molecule has 8 heteroatoms. The predicted octanol–water partition coefficient (Wildman–Crippen LogP) is 4.32. The Bertz CT molecular complexity index is 1400. The van der Waals surface area contributed by atoms with Crippen LogP contribution < -0.4 is 24.6 Å². The van der Waals surface area contributed by atoms with E-state index in [-0.39, 0.29) is 11.3 Å². The van der Waals surface area contributed by atoms with Gasteiger partial charge < -0.3 is 14.4 Å². The number of carbonyl (C=O) groups excluding carboxylic acids is 3. The van der Waals surface area contributed by atoms with Gasteiger partial charge in [-0.2, -0.15) is 0 Å². The number of barbiturate groups is 1. The first-order chi connectivity index (χ1) is 18.0. The van der Waals surface area contributed by atoms with E-state index in [0.29, 0.717) is 17.1 Å². The highest BCUT2D eigenvalue weighted by molar-refractivity contribution is 6.39. The number of anilines is 2. The molecule has 37 heavy (non-hydrogen) atoms. The second-order valence-electron chi connectivity index (χ2n) is 8.89. The molecule has 0 atom stereocenters. The summed E-state index contributed by atoms with van der Waals surface area (Å²) < 4.78 is 10.6. The molecule has 1 fully saturated rings. The molecule has 2 aliphatic heterocycles. The van der Waals surface area contributed by atoms with Crippen LogP contribution in [0, 0.1) is 0 Å². The van der Waals surface area contributed by atoms with Crippen LogP contribution in [0.15, 0.2) is 72.3 Å². The lowest BCUT2D eigenvalue weighted by Gasteiger charge is -2.32. The molecule has 1 saturated heterocycles. The van der Waals surface area contributed by atoms with E-state index in [1.54, 1.807) is 12.1 Å². The molecular weight excluding hydrogens is 470 g/mol. The Morgan fingerprint density at radius 1 is 0.919 bits per heavy atom. The van der Waals surface area contributed by atoms with Crippen LogP contribution in [0.3, 0.4) is 0 Å². The largest absolute Gasteiger partial charge is 0.497 e. The number of fused-ring (bicyclic) bond motifs is 1. The van der Waals surface area contributed by atoms with Gasteiger partial charge in [-0.25, -0.2) is 9.69 Å². The quantitative estimate of drug-likeness (QED) is 0.403. The summed E-state index contributed by atoms with van der Waals surface area (Å²) in [5.41, 5.74) is 4.30. The van der Waals surface area contributed by atoms with Crippen molar-refractivity contribution in [2.24, 2.45) is 0 Å². The Balaban J connectivity index is 1.46. The van der Waals surface area contributed by atoms with Crippen LogP contribution >= 0.6 is 0 Å². The maximum absolute atomic E-state index is 13.4. The van der Waals surface area contributed by atoms with Gasteiger partial charge in [0.05, 0.1) is 19.9 Å². The van der Waals surface area contributed by atoms with Gasteiger partial charge in [-0.05, 0) is 59.9 Å². The molecule has 2 heterocycles. The first-order valence-electron chi connectivity index (χ1n) is 12.0. The second kappa shape index (κ2) is 10.2. The Hall–Kier alpha value is -4.59. The van der Waals surface area contributed by atoms with Crippen molar-refractivity contribution in [1.82, 2.24) is 5.32 Å². The molecule has 0 aromatic heterocycles. The summed E-state index contributed by atoms with van der Waals surface area (Å²) in [5.74, 6) is -0.737. The molecule has 0 aliphatic carbocycles. The van der Waals surface area contributed by atoms with E-state index in [1.165, 1.54) is 31.9 Å². The van der Waals surface area contributed by atoms with Gasteiger partial charge in [-0.3, -0.25) is 14.9 Å². The number of imide groups is 2. The fraction of sp³-hybridized carbons (Fsp3) is 0.207. The van der Waals surface area contributed by atoms with E-state index in [4.69, 9.17) is 9.47 Å². The smallest absolute Gasteiger partial charge is 0.336 e. The molecule has 0 bridgehead atoms.